The van der Waals surface area contributed by atoms with Crippen LogP contribution in [0.15, 0.2) is 11.6 Å². The van der Waals surface area contributed by atoms with Crippen LogP contribution in [0.4, 0.5) is 0 Å². The molecule has 3 nitrogen and oxygen atoms in total. The van der Waals surface area contributed by atoms with E-state index >= 15 is 0 Å². The molecule has 3 saturated carbocycles. The van der Waals surface area contributed by atoms with E-state index in [4.69, 9.17) is 4.74 Å². The van der Waals surface area contributed by atoms with Crippen molar-refractivity contribution in [3.8, 4) is 0 Å². The largest absolute Gasteiger partial charge is 0.465 e. The first-order valence-electron chi connectivity index (χ1n) is 12.9. The Hall–Kier alpha value is -0.830. The minimum atomic E-state index is -0.129. The highest BCUT2D eigenvalue weighted by molar-refractivity contribution is 5.74. The Labute approximate surface area is 183 Å². The molecule has 4 fully saturated rings. The van der Waals surface area contributed by atoms with Crippen molar-refractivity contribution in [1.29, 1.82) is 0 Å². The smallest absolute Gasteiger partial charge is 0.309 e. The number of fused-ring (bicyclic) bond motifs is 4. The second-order valence-electron chi connectivity index (χ2n) is 12.2. The second kappa shape index (κ2) is 7.64. The first kappa shape index (κ1) is 21.0. The lowest BCUT2D eigenvalue weighted by molar-refractivity contribution is -0.182. The molecule has 4 aliphatic carbocycles. The van der Waals surface area contributed by atoms with Gasteiger partial charge in [0.2, 0.25) is 0 Å². The molecule has 0 bridgehead atoms. The van der Waals surface area contributed by atoms with Crippen LogP contribution in [0.2, 0.25) is 0 Å². The first-order valence-corrected chi connectivity index (χ1v) is 12.9. The van der Waals surface area contributed by atoms with Crippen LogP contribution in [0.3, 0.4) is 0 Å². The van der Waals surface area contributed by atoms with E-state index in [1.807, 2.05) is 0 Å². The lowest BCUT2D eigenvalue weighted by atomic mass is 9.46. The average Bonchev–Trinajstić information content (AvgIpc) is 3.10. The standard InChI is InChI=1S/C27H42O3/c1-17(2)5-4-6-21-24-10-9-23-20-8-7-18-15-19(28)11-13-26(18,3)22(20)12-14-27(23,24)16-30-25(21)29/h7,17,19-24,28H,4-6,8-16H2,1-3H3. The van der Waals surface area contributed by atoms with Crippen LogP contribution in [0.1, 0.15) is 91.4 Å². The highest BCUT2D eigenvalue weighted by Crippen LogP contribution is 2.68. The molecule has 1 saturated heterocycles. The third-order valence-corrected chi connectivity index (χ3v) is 10.4. The van der Waals surface area contributed by atoms with Gasteiger partial charge in [0, 0.05) is 5.41 Å². The topological polar surface area (TPSA) is 46.5 Å². The molecule has 8 atom stereocenters. The molecular weight excluding hydrogens is 372 g/mol. The highest BCUT2D eigenvalue weighted by Gasteiger charge is 2.64. The van der Waals surface area contributed by atoms with Crippen LogP contribution in [0.25, 0.3) is 0 Å². The summed E-state index contributed by atoms with van der Waals surface area (Å²) in [7, 11) is 0. The molecule has 8 unspecified atom stereocenters. The molecular formula is C27H42O3. The van der Waals surface area contributed by atoms with Gasteiger partial charge in [-0.3, -0.25) is 4.79 Å². The number of esters is 1. The van der Waals surface area contributed by atoms with Gasteiger partial charge in [-0.2, -0.15) is 0 Å². The molecule has 0 amide bonds. The van der Waals surface area contributed by atoms with Gasteiger partial charge in [-0.1, -0.05) is 45.3 Å². The van der Waals surface area contributed by atoms with E-state index in [0.717, 1.165) is 49.9 Å². The fourth-order valence-corrected chi connectivity index (χ4v) is 8.92. The van der Waals surface area contributed by atoms with Crippen molar-refractivity contribution in [2.75, 3.05) is 6.61 Å². The van der Waals surface area contributed by atoms with Crippen molar-refractivity contribution in [2.24, 2.45) is 46.3 Å². The Morgan fingerprint density at radius 1 is 1.13 bits per heavy atom. The quantitative estimate of drug-likeness (QED) is 0.460. The van der Waals surface area contributed by atoms with E-state index in [-0.39, 0.29) is 23.4 Å². The van der Waals surface area contributed by atoms with Crippen LogP contribution in [0.5, 0.6) is 0 Å². The molecule has 168 valence electrons. The molecule has 5 rings (SSSR count). The summed E-state index contributed by atoms with van der Waals surface area (Å²) in [5.74, 6) is 3.76. The van der Waals surface area contributed by atoms with Crippen molar-refractivity contribution in [3.05, 3.63) is 11.6 Å². The van der Waals surface area contributed by atoms with Gasteiger partial charge in [-0.05, 0) is 92.8 Å². The maximum atomic E-state index is 12.8. The molecule has 1 N–H and O–H groups in total. The molecule has 3 heteroatoms. The zero-order valence-corrected chi connectivity index (χ0v) is 19.4. The van der Waals surface area contributed by atoms with Crippen molar-refractivity contribution >= 4 is 5.97 Å². The number of aliphatic hydroxyl groups is 1. The van der Waals surface area contributed by atoms with Crippen molar-refractivity contribution < 1.29 is 14.6 Å². The van der Waals surface area contributed by atoms with Gasteiger partial charge in [0.1, 0.15) is 0 Å². The third-order valence-electron chi connectivity index (χ3n) is 10.4. The SMILES string of the molecule is CC(C)CCCC1C(=O)OCC23CCC4C(CC=C5CC(O)CCC54C)C2CCC13. The third kappa shape index (κ3) is 3.12. The van der Waals surface area contributed by atoms with E-state index in [9.17, 15) is 9.90 Å². The molecule has 1 heterocycles. The summed E-state index contributed by atoms with van der Waals surface area (Å²) < 4.78 is 5.96. The number of carbonyl (C=O) groups is 1. The number of carbonyl (C=O) groups excluding carboxylic acids is 1. The van der Waals surface area contributed by atoms with E-state index < -0.39 is 0 Å². The summed E-state index contributed by atoms with van der Waals surface area (Å²) >= 11 is 0. The van der Waals surface area contributed by atoms with Crippen molar-refractivity contribution in [1.82, 2.24) is 0 Å². The molecule has 5 aliphatic rings. The normalized spacial score (nSPS) is 47.6. The summed E-state index contributed by atoms with van der Waals surface area (Å²) in [5, 5.41) is 10.2. The minimum absolute atomic E-state index is 0.108. The van der Waals surface area contributed by atoms with Gasteiger partial charge in [0.05, 0.1) is 18.6 Å². The fraction of sp³-hybridized carbons (Fsp3) is 0.889. The fourth-order valence-electron chi connectivity index (χ4n) is 8.92. The first-order chi connectivity index (χ1) is 14.3. The molecule has 30 heavy (non-hydrogen) atoms. The Kier molecular flexibility index (Phi) is 5.36. The van der Waals surface area contributed by atoms with E-state index in [2.05, 4.69) is 26.8 Å². The molecule has 1 spiro atoms. The highest BCUT2D eigenvalue weighted by atomic mass is 16.5. The predicted molar refractivity (Wildman–Crippen MR) is 119 cm³/mol. The van der Waals surface area contributed by atoms with Gasteiger partial charge in [-0.25, -0.2) is 0 Å². The Balaban J connectivity index is 1.38. The van der Waals surface area contributed by atoms with Crippen LogP contribution >= 0.6 is 0 Å². The number of aliphatic hydroxyl groups excluding tert-OH is 1. The van der Waals surface area contributed by atoms with Crippen molar-refractivity contribution in [3.63, 3.8) is 0 Å². The number of allylic oxidation sites excluding steroid dienone is 1. The van der Waals surface area contributed by atoms with E-state index in [0.29, 0.717) is 23.9 Å². The second-order valence-corrected chi connectivity index (χ2v) is 12.2. The molecule has 0 radical (unpaired) electrons. The average molecular weight is 415 g/mol. The zero-order chi connectivity index (χ0) is 21.1. The zero-order valence-electron chi connectivity index (χ0n) is 19.4. The maximum Gasteiger partial charge on any atom is 0.309 e. The summed E-state index contributed by atoms with van der Waals surface area (Å²) in [6.45, 7) is 7.76. The summed E-state index contributed by atoms with van der Waals surface area (Å²) in [5.41, 5.74) is 2.10. The molecule has 0 aromatic carbocycles. The van der Waals surface area contributed by atoms with Gasteiger partial charge >= 0.3 is 5.97 Å². The summed E-state index contributed by atoms with van der Waals surface area (Å²) in [4.78, 5) is 12.8. The Bertz CT molecular complexity index is 711. The van der Waals surface area contributed by atoms with E-state index in [1.165, 1.54) is 38.5 Å². The monoisotopic (exact) mass is 414 g/mol. The van der Waals surface area contributed by atoms with Gasteiger partial charge in [-0.15, -0.1) is 0 Å². The van der Waals surface area contributed by atoms with Gasteiger partial charge in [0.25, 0.3) is 0 Å². The van der Waals surface area contributed by atoms with Crippen LogP contribution in [-0.2, 0) is 9.53 Å². The number of rotatable bonds is 4. The predicted octanol–water partition coefficient (Wildman–Crippen LogP) is 5.91. The van der Waals surface area contributed by atoms with Gasteiger partial charge in [0.15, 0.2) is 0 Å². The van der Waals surface area contributed by atoms with Gasteiger partial charge < -0.3 is 9.84 Å². The Morgan fingerprint density at radius 3 is 2.73 bits per heavy atom. The number of ether oxygens (including phenoxy) is 1. The van der Waals surface area contributed by atoms with Crippen LogP contribution < -0.4 is 0 Å². The molecule has 0 aromatic heterocycles. The number of hydrogen-bond acceptors (Lipinski definition) is 3. The Morgan fingerprint density at radius 2 is 1.93 bits per heavy atom. The maximum absolute atomic E-state index is 12.8. The molecule has 1 aliphatic heterocycles. The van der Waals surface area contributed by atoms with E-state index in [1.54, 1.807) is 5.57 Å². The van der Waals surface area contributed by atoms with Crippen LogP contribution in [0, 0.1) is 46.3 Å². The van der Waals surface area contributed by atoms with Crippen molar-refractivity contribution in [2.45, 2.75) is 97.5 Å². The number of hydrogen-bond donors (Lipinski definition) is 1. The molecule has 0 aromatic rings. The lowest BCUT2D eigenvalue weighted by Gasteiger charge is -2.59. The summed E-state index contributed by atoms with van der Waals surface area (Å²) in [6, 6.07) is 0. The van der Waals surface area contributed by atoms with Crippen LogP contribution in [-0.4, -0.2) is 23.8 Å². The number of cyclic esters (lactones) is 1. The lowest BCUT2D eigenvalue weighted by Crippen LogP contribution is -2.56. The summed E-state index contributed by atoms with van der Waals surface area (Å²) in [6.07, 6.45) is 15.1. The minimum Gasteiger partial charge on any atom is -0.465 e.